The van der Waals surface area contributed by atoms with Gasteiger partial charge in [0.2, 0.25) is 21.8 Å². The molecule has 5 rings (SSSR count). The molecule has 0 aliphatic carbocycles. The van der Waals surface area contributed by atoms with Crippen molar-refractivity contribution in [3.63, 3.8) is 0 Å². The number of ether oxygens (including phenoxy) is 1. The van der Waals surface area contributed by atoms with Gasteiger partial charge in [0, 0.05) is 19.2 Å². The van der Waals surface area contributed by atoms with Crippen molar-refractivity contribution < 1.29 is 27.5 Å². The molecule has 3 heterocycles. The van der Waals surface area contributed by atoms with E-state index in [1.165, 1.54) is 15.3 Å². The van der Waals surface area contributed by atoms with Gasteiger partial charge in [-0.3, -0.25) is 14.4 Å². The van der Waals surface area contributed by atoms with Crippen LogP contribution in [-0.4, -0.2) is 56.7 Å². The molecular formula is C23H24N4O6S. The first kappa shape index (κ1) is 22.4. The van der Waals surface area contributed by atoms with Gasteiger partial charge in [0.25, 0.3) is 5.91 Å². The molecule has 34 heavy (non-hydrogen) atoms. The normalized spacial score (nSPS) is 20.5. The van der Waals surface area contributed by atoms with Crippen LogP contribution in [0.1, 0.15) is 18.4 Å². The number of benzene rings is 2. The molecule has 3 aliphatic heterocycles. The fourth-order valence-electron chi connectivity index (χ4n) is 4.65. The maximum absolute atomic E-state index is 13.5. The summed E-state index contributed by atoms with van der Waals surface area (Å²) >= 11 is 0. The molecule has 2 N–H and O–H groups in total. The predicted molar refractivity (Wildman–Crippen MR) is 124 cm³/mol. The molecule has 1 fully saturated rings. The van der Waals surface area contributed by atoms with E-state index in [1.807, 2.05) is 0 Å². The molecule has 0 unspecified atom stereocenters. The highest BCUT2D eigenvalue weighted by atomic mass is 32.2. The van der Waals surface area contributed by atoms with Gasteiger partial charge in [-0.15, -0.1) is 0 Å². The minimum atomic E-state index is -3.92. The van der Waals surface area contributed by atoms with Crippen LogP contribution in [-0.2, 0) is 24.4 Å². The van der Waals surface area contributed by atoms with Gasteiger partial charge in [-0.25, -0.2) is 8.42 Å². The molecule has 10 nitrogen and oxygen atoms in total. The minimum absolute atomic E-state index is 0.0234. The Hall–Kier alpha value is -3.44. The number of carbonyl (C=O) groups excluding carboxylic acids is 3. The van der Waals surface area contributed by atoms with E-state index in [0.717, 1.165) is 0 Å². The number of sulfonamides is 1. The fraction of sp³-hybridized carbons (Fsp3) is 0.348. The van der Waals surface area contributed by atoms with Crippen molar-refractivity contribution in [2.75, 3.05) is 41.8 Å². The number of amides is 3. The van der Waals surface area contributed by atoms with E-state index < -0.39 is 15.9 Å². The molecule has 2 aromatic rings. The summed E-state index contributed by atoms with van der Waals surface area (Å²) in [6.45, 7) is 1.68. The molecular weight excluding hydrogens is 460 g/mol. The monoisotopic (exact) mass is 484 g/mol. The lowest BCUT2D eigenvalue weighted by Crippen LogP contribution is -2.50. The van der Waals surface area contributed by atoms with Gasteiger partial charge >= 0.3 is 0 Å². The van der Waals surface area contributed by atoms with Crippen molar-refractivity contribution in [1.82, 2.24) is 4.31 Å². The van der Waals surface area contributed by atoms with E-state index in [9.17, 15) is 22.8 Å². The number of hydrogen-bond acceptors (Lipinski definition) is 6. The Morgan fingerprint density at radius 2 is 1.85 bits per heavy atom. The van der Waals surface area contributed by atoms with Gasteiger partial charge in [0.1, 0.15) is 12.3 Å². The third-order valence-electron chi connectivity index (χ3n) is 6.30. The second-order valence-electron chi connectivity index (χ2n) is 8.64. The van der Waals surface area contributed by atoms with E-state index in [0.29, 0.717) is 41.2 Å². The summed E-state index contributed by atoms with van der Waals surface area (Å²) in [6, 6.07) is 10.1. The van der Waals surface area contributed by atoms with Gasteiger partial charge in [-0.2, -0.15) is 4.31 Å². The standard InChI is InChI=1S/C23H24N4O6S/c1-14-9-17-19(33-13-22(29)25-17)10-20(14)34(31,32)26-8-4-5-15(11-26)23(30)27-12-21(28)24-16-6-2-3-7-18(16)27/h2-3,6-7,9-10,15H,4-5,8,11-13H2,1H3,(H,24,28)(H,25,29)/t15-/m0/s1. The smallest absolute Gasteiger partial charge is 0.262 e. The SMILES string of the molecule is Cc1cc2c(cc1S(=O)(=O)N1CCC[C@H](C(=O)N3CC(=O)Nc4ccccc43)C1)OCC(=O)N2. The lowest BCUT2D eigenvalue weighted by atomic mass is 9.97. The molecule has 178 valence electrons. The van der Waals surface area contributed by atoms with Crippen molar-refractivity contribution >= 4 is 44.8 Å². The van der Waals surface area contributed by atoms with Crippen molar-refractivity contribution in [2.24, 2.45) is 5.92 Å². The average molecular weight is 485 g/mol. The first-order valence-corrected chi connectivity index (χ1v) is 12.5. The van der Waals surface area contributed by atoms with Crippen molar-refractivity contribution in [2.45, 2.75) is 24.7 Å². The molecule has 1 atom stereocenters. The number of anilines is 3. The Bertz CT molecular complexity index is 1310. The van der Waals surface area contributed by atoms with Crippen LogP contribution < -0.4 is 20.3 Å². The first-order valence-electron chi connectivity index (χ1n) is 11.0. The van der Waals surface area contributed by atoms with E-state index in [-0.39, 0.29) is 48.9 Å². The van der Waals surface area contributed by atoms with E-state index in [2.05, 4.69) is 10.6 Å². The average Bonchev–Trinajstić information content (AvgIpc) is 2.82. The van der Waals surface area contributed by atoms with E-state index >= 15 is 0 Å². The van der Waals surface area contributed by atoms with E-state index in [4.69, 9.17) is 4.74 Å². The predicted octanol–water partition coefficient (Wildman–Crippen LogP) is 1.71. The third kappa shape index (κ3) is 3.90. The van der Waals surface area contributed by atoms with Crippen LogP contribution in [0, 0.1) is 12.8 Å². The molecule has 0 bridgehead atoms. The largest absolute Gasteiger partial charge is 0.482 e. The van der Waals surface area contributed by atoms with Crippen LogP contribution in [0.5, 0.6) is 5.75 Å². The van der Waals surface area contributed by atoms with Crippen LogP contribution in [0.25, 0.3) is 0 Å². The lowest BCUT2D eigenvalue weighted by molar-refractivity contribution is -0.125. The maximum Gasteiger partial charge on any atom is 0.262 e. The molecule has 2 aromatic carbocycles. The highest BCUT2D eigenvalue weighted by molar-refractivity contribution is 7.89. The zero-order valence-electron chi connectivity index (χ0n) is 18.5. The third-order valence-corrected chi connectivity index (χ3v) is 8.30. The Labute approximate surface area is 196 Å². The fourth-order valence-corrected chi connectivity index (χ4v) is 6.39. The quantitative estimate of drug-likeness (QED) is 0.683. The van der Waals surface area contributed by atoms with Gasteiger partial charge in [-0.05, 0) is 43.5 Å². The number of para-hydroxylation sites is 2. The lowest BCUT2D eigenvalue weighted by Gasteiger charge is -2.36. The zero-order valence-corrected chi connectivity index (χ0v) is 19.4. The van der Waals surface area contributed by atoms with E-state index in [1.54, 1.807) is 37.3 Å². The molecule has 0 saturated carbocycles. The molecule has 0 radical (unpaired) electrons. The van der Waals surface area contributed by atoms with Gasteiger partial charge < -0.3 is 20.3 Å². The number of fused-ring (bicyclic) bond motifs is 2. The minimum Gasteiger partial charge on any atom is -0.482 e. The Balaban J connectivity index is 1.40. The topological polar surface area (TPSA) is 125 Å². The number of hydrogen-bond donors (Lipinski definition) is 2. The number of aryl methyl sites for hydroxylation is 1. The molecule has 3 amide bonds. The van der Waals surface area contributed by atoms with Crippen LogP contribution in [0.3, 0.4) is 0 Å². The maximum atomic E-state index is 13.5. The van der Waals surface area contributed by atoms with Gasteiger partial charge in [0.05, 0.1) is 27.9 Å². The number of rotatable bonds is 3. The van der Waals surface area contributed by atoms with Crippen LogP contribution >= 0.6 is 0 Å². The van der Waals surface area contributed by atoms with Crippen LogP contribution in [0.4, 0.5) is 17.1 Å². The summed E-state index contributed by atoms with van der Waals surface area (Å²) < 4.78 is 33.8. The summed E-state index contributed by atoms with van der Waals surface area (Å²) in [7, 11) is -3.92. The Kier molecular flexibility index (Phi) is 5.53. The summed E-state index contributed by atoms with van der Waals surface area (Å²) in [6.07, 6.45) is 1.05. The Morgan fingerprint density at radius 1 is 1.09 bits per heavy atom. The molecule has 0 aromatic heterocycles. The second-order valence-corrected chi connectivity index (χ2v) is 10.5. The van der Waals surface area contributed by atoms with Crippen molar-refractivity contribution in [1.29, 1.82) is 0 Å². The van der Waals surface area contributed by atoms with Crippen molar-refractivity contribution in [3.05, 3.63) is 42.0 Å². The van der Waals surface area contributed by atoms with Gasteiger partial charge in [-0.1, -0.05) is 12.1 Å². The van der Waals surface area contributed by atoms with Crippen molar-refractivity contribution in [3.8, 4) is 5.75 Å². The number of carbonyl (C=O) groups is 3. The Morgan fingerprint density at radius 3 is 2.68 bits per heavy atom. The second kappa shape index (κ2) is 8.41. The number of nitrogens with one attached hydrogen (secondary N) is 2. The molecule has 3 aliphatic rings. The number of piperidine rings is 1. The highest BCUT2D eigenvalue weighted by Gasteiger charge is 2.38. The van der Waals surface area contributed by atoms with Crippen LogP contribution in [0.2, 0.25) is 0 Å². The molecule has 1 saturated heterocycles. The zero-order chi connectivity index (χ0) is 24.0. The molecule has 0 spiro atoms. The van der Waals surface area contributed by atoms with Gasteiger partial charge in [0.15, 0.2) is 6.61 Å². The first-order chi connectivity index (χ1) is 16.2. The molecule has 11 heteroatoms. The summed E-state index contributed by atoms with van der Waals surface area (Å²) in [5.41, 5.74) is 2.07. The summed E-state index contributed by atoms with van der Waals surface area (Å²) in [5, 5.41) is 5.43. The van der Waals surface area contributed by atoms with Crippen LogP contribution in [0.15, 0.2) is 41.3 Å². The number of nitrogens with zero attached hydrogens (tertiary/aromatic N) is 2. The summed E-state index contributed by atoms with van der Waals surface area (Å²) in [5.74, 6) is -1.13. The highest BCUT2D eigenvalue weighted by Crippen LogP contribution is 2.36. The summed E-state index contributed by atoms with van der Waals surface area (Å²) in [4.78, 5) is 38.7.